The van der Waals surface area contributed by atoms with Crippen molar-refractivity contribution >= 4 is 28.4 Å². The molecule has 5 rings (SSSR count). The molecule has 2 heterocycles. The summed E-state index contributed by atoms with van der Waals surface area (Å²) in [6.45, 7) is 1.59. The number of phenols is 2. The van der Waals surface area contributed by atoms with Crippen molar-refractivity contribution in [3.05, 3.63) is 53.7 Å². The molecule has 2 aliphatic rings. The lowest BCUT2D eigenvalue weighted by molar-refractivity contribution is -0.118. The summed E-state index contributed by atoms with van der Waals surface area (Å²) < 4.78 is 0. The summed E-state index contributed by atoms with van der Waals surface area (Å²) in [6, 6.07) is 11.9. The molecular formula is C23H23N3O4. The van der Waals surface area contributed by atoms with Gasteiger partial charge < -0.3 is 25.4 Å². The highest BCUT2D eigenvalue weighted by molar-refractivity contribution is 6.03. The van der Waals surface area contributed by atoms with Gasteiger partial charge in [0.25, 0.3) is 5.91 Å². The highest BCUT2D eigenvalue weighted by Gasteiger charge is 2.51. The minimum Gasteiger partial charge on any atom is -0.504 e. The van der Waals surface area contributed by atoms with Crippen LogP contribution in [0.15, 0.2) is 42.5 Å². The molecule has 2 amide bonds. The number of aromatic amines is 1. The Morgan fingerprint density at radius 3 is 2.43 bits per heavy atom. The SMILES string of the molecule is O=C(c1cc2cc(NC(=O)C3(c4ccc(O)c(O)c4)CC3)ccc2[nH]1)N1CCCC1. The van der Waals surface area contributed by atoms with Gasteiger partial charge in [-0.1, -0.05) is 6.07 Å². The smallest absolute Gasteiger partial charge is 0.270 e. The van der Waals surface area contributed by atoms with Crippen LogP contribution < -0.4 is 5.32 Å². The van der Waals surface area contributed by atoms with Crippen molar-refractivity contribution in [3.63, 3.8) is 0 Å². The number of hydrogen-bond acceptors (Lipinski definition) is 4. The summed E-state index contributed by atoms with van der Waals surface area (Å²) >= 11 is 0. The summed E-state index contributed by atoms with van der Waals surface area (Å²) in [5.74, 6) is -0.558. The third-order valence-electron chi connectivity index (χ3n) is 6.21. The third kappa shape index (κ3) is 3.07. The molecule has 1 aliphatic heterocycles. The molecule has 4 N–H and O–H groups in total. The molecule has 154 valence electrons. The molecule has 1 aliphatic carbocycles. The van der Waals surface area contributed by atoms with Crippen LogP contribution in [0, 0.1) is 0 Å². The van der Waals surface area contributed by atoms with Gasteiger partial charge >= 0.3 is 0 Å². The quantitative estimate of drug-likeness (QED) is 0.499. The molecule has 7 nitrogen and oxygen atoms in total. The zero-order valence-corrected chi connectivity index (χ0v) is 16.4. The zero-order valence-electron chi connectivity index (χ0n) is 16.4. The Balaban J connectivity index is 1.36. The monoisotopic (exact) mass is 405 g/mol. The van der Waals surface area contributed by atoms with E-state index in [1.807, 2.05) is 29.2 Å². The highest BCUT2D eigenvalue weighted by atomic mass is 16.3. The van der Waals surface area contributed by atoms with Crippen molar-refractivity contribution in [1.29, 1.82) is 0 Å². The molecule has 0 spiro atoms. The summed E-state index contributed by atoms with van der Waals surface area (Å²) in [6.07, 6.45) is 3.46. The Bertz CT molecular complexity index is 1160. The van der Waals surface area contributed by atoms with Crippen molar-refractivity contribution in [2.24, 2.45) is 0 Å². The number of likely N-dealkylation sites (tertiary alicyclic amines) is 1. The third-order valence-corrected chi connectivity index (χ3v) is 6.21. The lowest BCUT2D eigenvalue weighted by atomic mass is 9.94. The molecule has 0 bridgehead atoms. The second-order valence-electron chi connectivity index (χ2n) is 8.22. The van der Waals surface area contributed by atoms with Crippen LogP contribution in [0.5, 0.6) is 11.5 Å². The van der Waals surface area contributed by atoms with E-state index >= 15 is 0 Å². The fraction of sp³-hybridized carbons (Fsp3) is 0.304. The van der Waals surface area contributed by atoms with Gasteiger partial charge in [0, 0.05) is 29.7 Å². The number of carbonyl (C=O) groups excluding carboxylic acids is 2. The molecule has 1 saturated carbocycles. The van der Waals surface area contributed by atoms with Crippen molar-refractivity contribution in [3.8, 4) is 11.5 Å². The summed E-state index contributed by atoms with van der Waals surface area (Å²) in [4.78, 5) is 30.6. The molecule has 1 aromatic heterocycles. The van der Waals surface area contributed by atoms with Crippen LogP contribution in [0.25, 0.3) is 10.9 Å². The average Bonchev–Trinajstić information content (AvgIpc) is 3.17. The van der Waals surface area contributed by atoms with Gasteiger partial charge in [0.15, 0.2) is 11.5 Å². The van der Waals surface area contributed by atoms with Crippen LogP contribution in [0.3, 0.4) is 0 Å². The van der Waals surface area contributed by atoms with Gasteiger partial charge in [0.05, 0.1) is 5.41 Å². The molecule has 1 saturated heterocycles. The number of nitrogens with zero attached hydrogens (tertiary/aromatic N) is 1. The number of rotatable bonds is 4. The number of phenolic OH excluding ortho intramolecular Hbond substituents is 2. The van der Waals surface area contributed by atoms with Gasteiger partial charge in [-0.3, -0.25) is 9.59 Å². The maximum Gasteiger partial charge on any atom is 0.270 e. The van der Waals surface area contributed by atoms with E-state index in [4.69, 9.17) is 0 Å². The predicted octanol–water partition coefficient (Wildman–Crippen LogP) is 3.49. The van der Waals surface area contributed by atoms with Crippen LogP contribution in [0.2, 0.25) is 0 Å². The van der Waals surface area contributed by atoms with E-state index in [0.29, 0.717) is 29.8 Å². The van der Waals surface area contributed by atoms with E-state index in [1.54, 1.807) is 6.07 Å². The van der Waals surface area contributed by atoms with E-state index in [1.165, 1.54) is 12.1 Å². The van der Waals surface area contributed by atoms with Crippen molar-refractivity contribution in [2.75, 3.05) is 18.4 Å². The number of H-pyrrole nitrogens is 1. The highest BCUT2D eigenvalue weighted by Crippen LogP contribution is 2.50. The number of carbonyl (C=O) groups is 2. The number of nitrogens with one attached hydrogen (secondary N) is 2. The van der Waals surface area contributed by atoms with Gasteiger partial charge in [-0.25, -0.2) is 0 Å². The molecule has 0 atom stereocenters. The Hall–Kier alpha value is -3.48. The Kier molecular flexibility index (Phi) is 4.20. The number of aromatic nitrogens is 1. The van der Waals surface area contributed by atoms with Gasteiger partial charge in [-0.2, -0.15) is 0 Å². The number of benzene rings is 2. The minimum atomic E-state index is -0.685. The van der Waals surface area contributed by atoms with E-state index in [-0.39, 0.29) is 23.3 Å². The van der Waals surface area contributed by atoms with Crippen LogP contribution in [-0.4, -0.2) is 45.0 Å². The molecule has 0 unspecified atom stereocenters. The van der Waals surface area contributed by atoms with E-state index in [9.17, 15) is 19.8 Å². The molecular weight excluding hydrogens is 382 g/mol. The van der Waals surface area contributed by atoms with Crippen molar-refractivity contribution in [1.82, 2.24) is 9.88 Å². The maximum atomic E-state index is 13.0. The largest absolute Gasteiger partial charge is 0.504 e. The van der Waals surface area contributed by atoms with Crippen LogP contribution >= 0.6 is 0 Å². The lowest BCUT2D eigenvalue weighted by Crippen LogP contribution is -2.27. The fourth-order valence-corrected chi connectivity index (χ4v) is 4.26. The van der Waals surface area contributed by atoms with Gasteiger partial charge in [0.2, 0.25) is 5.91 Å². The molecule has 30 heavy (non-hydrogen) atoms. The van der Waals surface area contributed by atoms with E-state index < -0.39 is 5.41 Å². The molecule has 3 aromatic rings. The Morgan fingerprint density at radius 1 is 0.967 bits per heavy atom. The molecule has 0 radical (unpaired) electrons. The lowest BCUT2D eigenvalue weighted by Gasteiger charge is -2.16. The first-order valence-corrected chi connectivity index (χ1v) is 10.2. The number of hydrogen-bond donors (Lipinski definition) is 4. The Labute approximate surface area is 173 Å². The van der Waals surface area contributed by atoms with Crippen LogP contribution in [0.4, 0.5) is 5.69 Å². The molecule has 2 fully saturated rings. The second kappa shape index (κ2) is 6.79. The van der Waals surface area contributed by atoms with Crippen LogP contribution in [0.1, 0.15) is 41.7 Å². The van der Waals surface area contributed by atoms with Crippen LogP contribution in [-0.2, 0) is 10.2 Å². The van der Waals surface area contributed by atoms with Crippen molar-refractivity contribution < 1.29 is 19.8 Å². The minimum absolute atomic E-state index is 0.0124. The average molecular weight is 405 g/mol. The maximum absolute atomic E-state index is 13.0. The number of anilines is 1. The summed E-state index contributed by atoms with van der Waals surface area (Å²) in [5, 5.41) is 23.2. The Morgan fingerprint density at radius 2 is 1.73 bits per heavy atom. The van der Waals surface area contributed by atoms with Gasteiger partial charge in [-0.15, -0.1) is 0 Å². The first kappa shape index (κ1) is 18.5. The topological polar surface area (TPSA) is 106 Å². The summed E-state index contributed by atoms with van der Waals surface area (Å²) in [5.41, 5.74) is 2.07. The number of amides is 2. The first-order chi connectivity index (χ1) is 14.5. The van der Waals surface area contributed by atoms with E-state index in [0.717, 1.165) is 36.8 Å². The molecule has 2 aromatic carbocycles. The van der Waals surface area contributed by atoms with Crippen molar-refractivity contribution in [2.45, 2.75) is 31.1 Å². The fourth-order valence-electron chi connectivity index (χ4n) is 4.26. The normalized spacial score (nSPS) is 17.3. The standard InChI is InChI=1S/C23H23N3O4/c27-19-6-3-15(13-20(19)28)23(7-8-23)22(30)24-16-4-5-17-14(11-16)12-18(25-17)21(29)26-9-1-2-10-26/h3-6,11-13,25,27-28H,1-2,7-10H2,(H,24,30). The molecule has 7 heteroatoms. The first-order valence-electron chi connectivity index (χ1n) is 10.2. The van der Waals surface area contributed by atoms with E-state index in [2.05, 4.69) is 10.3 Å². The second-order valence-corrected chi connectivity index (χ2v) is 8.22. The summed E-state index contributed by atoms with van der Waals surface area (Å²) in [7, 11) is 0. The van der Waals surface area contributed by atoms with Gasteiger partial charge in [0.1, 0.15) is 5.69 Å². The van der Waals surface area contributed by atoms with Gasteiger partial charge in [-0.05, 0) is 67.6 Å². The zero-order chi connectivity index (χ0) is 20.9. The number of fused-ring (bicyclic) bond motifs is 1. The predicted molar refractivity (Wildman–Crippen MR) is 113 cm³/mol. The number of aromatic hydroxyl groups is 2.